The van der Waals surface area contributed by atoms with Gasteiger partial charge in [-0.25, -0.2) is 16.8 Å². The van der Waals surface area contributed by atoms with Gasteiger partial charge in [0.15, 0.2) is 9.84 Å². The quantitative estimate of drug-likeness (QED) is 0.533. The number of ether oxygens (including phenoxy) is 3. The van der Waals surface area contributed by atoms with Gasteiger partial charge >= 0.3 is 0 Å². The third kappa shape index (κ3) is 5.94. The molecule has 1 saturated heterocycles. The van der Waals surface area contributed by atoms with Crippen LogP contribution in [0.15, 0.2) is 58.3 Å². The average molecular weight is 456 g/mol. The molecule has 10 heteroatoms. The molecule has 1 aliphatic rings. The van der Waals surface area contributed by atoms with Crippen LogP contribution in [0.25, 0.3) is 0 Å². The number of sulfone groups is 1. The zero-order valence-electron chi connectivity index (χ0n) is 16.7. The topological polar surface area (TPSA) is 99.2 Å². The summed E-state index contributed by atoms with van der Waals surface area (Å²) in [5.74, 6) is 1.16. The molecular formula is C20H25NO7S2. The first kappa shape index (κ1) is 22.5. The summed E-state index contributed by atoms with van der Waals surface area (Å²) in [6.45, 7) is 2.34. The van der Waals surface area contributed by atoms with Gasteiger partial charge in [0.2, 0.25) is 10.0 Å². The van der Waals surface area contributed by atoms with Crippen LogP contribution in [0.4, 0.5) is 0 Å². The summed E-state index contributed by atoms with van der Waals surface area (Å²) in [6.07, 6.45) is 1.77. The van der Waals surface area contributed by atoms with Crippen molar-refractivity contribution in [3.05, 3.63) is 48.5 Å². The molecule has 0 atom stereocenters. The molecule has 0 saturated carbocycles. The molecule has 2 aromatic rings. The number of nitrogens with zero attached hydrogens (tertiary/aromatic N) is 1. The normalized spacial score (nSPS) is 15.6. The molecular weight excluding hydrogens is 430 g/mol. The third-order valence-electron chi connectivity index (χ3n) is 4.51. The highest BCUT2D eigenvalue weighted by Crippen LogP contribution is 2.21. The van der Waals surface area contributed by atoms with E-state index in [1.54, 1.807) is 36.4 Å². The average Bonchev–Trinajstić information content (AvgIpc) is 2.74. The van der Waals surface area contributed by atoms with Crippen LogP contribution in [0.1, 0.15) is 6.42 Å². The molecule has 164 valence electrons. The van der Waals surface area contributed by atoms with Crippen molar-refractivity contribution in [1.29, 1.82) is 0 Å². The predicted molar refractivity (Wildman–Crippen MR) is 111 cm³/mol. The second kappa shape index (κ2) is 9.78. The maximum atomic E-state index is 12.6. The predicted octanol–water partition coefficient (Wildman–Crippen LogP) is 1.96. The molecule has 0 N–H and O–H groups in total. The van der Waals surface area contributed by atoms with Gasteiger partial charge in [-0.3, -0.25) is 0 Å². The van der Waals surface area contributed by atoms with E-state index < -0.39 is 19.9 Å². The maximum Gasteiger partial charge on any atom is 0.243 e. The monoisotopic (exact) mass is 455 g/mol. The van der Waals surface area contributed by atoms with Crippen LogP contribution in [-0.4, -0.2) is 66.9 Å². The van der Waals surface area contributed by atoms with Crippen molar-refractivity contribution in [2.75, 3.05) is 45.8 Å². The zero-order valence-corrected chi connectivity index (χ0v) is 18.3. The lowest BCUT2D eigenvalue weighted by atomic mass is 10.3. The summed E-state index contributed by atoms with van der Waals surface area (Å²) < 4.78 is 65.9. The molecule has 3 rings (SSSR count). The molecule has 1 aliphatic heterocycles. The molecule has 8 nitrogen and oxygen atoms in total. The molecule has 1 heterocycles. The number of morpholine rings is 1. The van der Waals surface area contributed by atoms with Gasteiger partial charge in [0.05, 0.1) is 36.2 Å². The van der Waals surface area contributed by atoms with E-state index in [0.717, 1.165) is 6.26 Å². The molecule has 0 spiro atoms. The van der Waals surface area contributed by atoms with E-state index in [1.165, 1.54) is 16.4 Å². The Morgan fingerprint density at radius 3 is 1.73 bits per heavy atom. The Morgan fingerprint density at radius 1 is 0.800 bits per heavy atom. The van der Waals surface area contributed by atoms with E-state index in [4.69, 9.17) is 14.2 Å². The highest BCUT2D eigenvalue weighted by atomic mass is 32.2. The second-order valence-corrected chi connectivity index (χ2v) is 10.7. The van der Waals surface area contributed by atoms with Gasteiger partial charge in [0.1, 0.15) is 11.5 Å². The zero-order chi connectivity index (χ0) is 21.6. The first-order chi connectivity index (χ1) is 14.3. The summed E-state index contributed by atoms with van der Waals surface area (Å²) in [6, 6.07) is 12.6. The van der Waals surface area contributed by atoms with Gasteiger partial charge in [0, 0.05) is 25.8 Å². The fourth-order valence-electron chi connectivity index (χ4n) is 2.87. The molecule has 0 bridgehead atoms. The largest absolute Gasteiger partial charge is 0.493 e. The molecule has 0 unspecified atom stereocenters. The van der Waals surface area contributed by atoms with Crippen molar-refractivity contribution in [2.24, 2.45) is 0 Å². The third-order valence-corrected chi connectivity index (χ3v) is 7.55. The highest BCUT2D eigenvalue weighted by molar-refractivity contribution is 7.90. The van der Waals surface area contributed by atoms with Crippen molar-refractivity contribution in [1.82, 2.24) is 4.31 Å². The number of hydrogen-bond donors (Lipinski definition) is 0. The minimum Gasteiger partial charge on any atom is -0.493 e. The van der Waals surface area contributed by atoms with Crippen molar-refractivity contribution >= 4 is 19.9 Å². The standard InChI is InChI=1S/C20H25NO7S2/c1-29(22,23)19-7-3-17(4-8-19)27-13-2-14-28-18-5-9-20(10-6-18)30(24,25)21-11-15-26-16-12-21/h3-10H,2,11-16H2,1H3. The minimum atomic E-state index is -3.51. The summed E-state index contributed by atoms with van der Waals surface area (Å²) in [5.41, 5.74) is 0. The summed E-state index contributed by atoms with van der Waals surface area (Å²) in [5, 5.41) is 0. The molecule has 2 aromatic carbocycles. The lowest BCUT2D eigenvalue weighted by molar-refractivity contribution is 0.0730. The van der Waals surface area contributed by atoms with Crippen molar-refractivity contribution in [3.8, 4) is 11.5 Å². The smallest absolute Gasteiger partial charge is 0.243 e. The van der Waals surface area contributed by atoms with Crippen molar-refractivity contribution in [3.63, 3.8) is 0 Å². The van der Waals surface area contributed by atoms with Gasteiger partial charge in [-0.1, -0.05) is 0 Å². The van der Waals surface area contributed by atoms with Crippen LogP contribution in [0, 0.1) is 0 Å². The van der Waals surface area contributed by atoms with Crippen LogP contribution in [0.3, 0.4) is 0 Å². The van der Waals surface area contributed by atoms with Gasteiger partial charge in [0.25, 0.3) is 0 Å². The number of hydrogen-bond acceptors (Lipinski definition) is 7. The van der Waals surface area contributed by atoms with Gasteiger partial charge in [-0.05, 0) is 48.5 Å². The molecule has 0 amide bonds. The van der Waals surface area contributed by atoms with Crippen LogP contribution >= 0.6 is 0 Å². The molecule has 30 heavy (non-hydrogen) atoms. The second-order valence-electron chi connectivity index (χ2n) is 6.78. The molecule has 0 radical (unpaired) electrons. The van der Waals surface area contributed by atoms with E-state index in [1.807, 2.05) is 0 Å². The van der Waals surface area contributed by atoms with Crippen molar-refractivity contribution in [2.45, 2.75) is 16.2 Å². The summed E-state index contributed by atoms with van der Waals surface area (Å²) >= 11 is 0. The molecule has 1 fully saturated rings. The fourth-order valence-corrected chi connectivity index (χ4v) is 4.90. The van der Waals surface area contributed by atoms with Crippen LogP contribution in [0.2, 0.25) is 0 Å². The SMILES string of the molecule is CS(=O)(=O)c1ccc(OCCCOc2ccc(S(=O)(=O)N3CCOCC3)cc2)cc1. The van der Waals surface area contributed by atoms with Crippen LogP contribution < -0.4 is 9.47 Å². The Bertz CT molecular complexity index is 1030. The Hall–Kier alpha value is -2.14. The highest BCUT2D eigenvalue weighted by Gasteiger charge is 2.26. The number of benzene rings is 2. The maximum absolute atomic E-state index is 12.6. The number of sulfonamides is 1. The Morgan fingerprint density at radius 2 is 1.27 bits per heavy atom. The van der Waals surface area contributed by atoms with Gasteiger partial charge < -0.3 is 14.2 Å². The van der Waals surface area contributed by atoms with E-state index in [0.29, 0.717) is 57.4 Å². The summed E-state index contributed by atoms with van der Waals surface area (Å²) in [7, 11) is -6.73. The Labute approximate surface area is 177 Å². The first-order valence-corrected chi connectivity index (χ1v) is 12.8. The fraction of sp³-hybridized carbons (Fsp3) is 0.400. The van der Waals surface area contributed by atoms with Crippen LogP contribution in [0.5, 0.6) is 11.5 Å². The Balaban J connectivity index is 1.43. The molecule has 0 aliphatic carbocycles. The lowest BCUT2D eigenvalue weighted by Crippen LogP contribution is -2.40. The first-order valence-electron chi connectivity index (χ1n) is 9.50. The van der Waals surface area contributed by atoms with E-state index in [2.05, 4.69) is 0 Å². The van der Waals surface area contributed by atoms with Crippen molar-refractivity contribution < 1.29 is 31.0 Å². The number of rotatable bonds is 9. The van der Waals surface area contributed by atoms with Crippen LogP contribution in [-0.2, 0) is 24.6 Å². The van der Waals surface area contributed by atoms with E-state index in [9.17, 15) is 16.8 Å². The molecule has 0 aromatic heterocycles. The minimum absolute atomic E-state index is 0.234. The van der Waals surface area contributed by atoms with Gasteiger partial charge in [-0.15, -0.1) is 0 Å². The van der Waals surface area contributed by atoms with E-state index in [-0.39, 0.29) is 9.79 Å². The Kier molecular flexibility index (Phi) is 7.35. The summed E-state index contributed by atoms with van der Waals surface area (Å²) in [4.78, 5) is 0.481. The lowest BCUT2D eigenvalue weighted by Gasteiger charge is -2.26. The van der Waals surface area contributed by atoms with E-state index >= 15 is 0 Å². The van der Waals surface area contributed by atoms with Gasteiger partial charge in [-0.2, -0.15) is 4.31 Å².